The molecule has 29 heavy (non-hydrogen) atoms. The average Bonchev–Trinajstić information content (AvgIpc) is 3.22. The van der Waals surface area contributed by atoms with Gasteiger partial charge in [-0.15, -0.1) is 28.3 Å². The molecule has 0 aliphatic carbocycles. The number of nitrogens with one attached hydrogen (secondary N) is 2. The van der Waals surface area contributed by atoms with Gasteiger partial charge in [-0.3, -0.25) is 0 Å². The maximum Gasteiger partial charge on any atom is 0.416 e. The molecule has 152 valence electrons. The lowest BCUT2D eigenvalue weighted by molar-refractivity contribution is -0.137. The monoisotopic (exact) mass is 484 g/mol. The smallest absolute Gasteiger partial charge is 0.317 e. The van der Waals surface area contributed by atoms with Crippen molar-refractivity contribution in [2.24, 2.45) is 4.99 Å². The van der Waals surface area contributed by atoms with E-state index < -0.39 is 11.7 Å². The molecule has 2 N–H and O–H groups in total. The van der Waals surface area contributed by atoms with Crippen LogP contribution in [-0.4, -0.2) is 14.5 Å². The van der Waals surface area contributed by atoms with Crippen molar-refractivity contribution in [3.05, 3.63) is 68.7 Å². The highest BCUT2D eigenvalue weighted by Gasteiger charge is 2.30. The summed E-state index contributed by atoms with van der Waals surface area (Å²) in [6.07, 6.45) is -4.39. The minimum Gasteiger partial charge on any atom is -0.317 e. The van der Waals surface area contributed by atoms with Gasteiger partial charge in [0.15, 0.2) is 4.80 Å². The van der Waals surface area contributed by atoms with Crippen molar-refractivity contribution in [3.63, 3.8) is 0 Å². The fourth-order valence-electron chi connectivity index (χ4n) is 3.01. The van der Waals surface area contributed by atoms with Crippen LogP contribution in [0.3, 0.4) is 0 Å². The van der Waals surface area contributed by atoms with Crippen molar-refractivity contribution < 1.29 is 13.2 Å². The number of aromatic amines is 2. The predicted molar refractivity (Wildman–Crippen MR) is 113 cm³/mol. The lowest BCUT2D eigenvalue weighted by Crippen LogP contribution is -2.14. The number of hydrogen-bond acceptors (Lipinski definition) is 3. The topological polar surface area (TPSA) is 65.9 Å². The van der Waals surface area contributed by atoms with E-state index >= 15 is 0 Å². The summed E-state index contributed by atoms with van der Waals surface area (Å²) in [5.41, 5.74) is 2.15. The van der Waals surface area contributed by atoms with Gasteiger partial charge in [0.05, 0.1) is 28.0 Å². The third-order valence-electron chi connectivity index (χ3n) is 4.32. The van der Waals surface area contributed by atoms with Crippen LogP contribution in [0.1, 0.15) is 12.5 Å². The van der Waals surface area contributed by atoms with Gasteiger partial charge < -0.3 is 14.5 Å². The summed E-state index contributed by atoms with van der Waals surface area (Å²) in [5.74, 6) is 0. The molecule has 0 aliphatic heterocycles. The second kappa shape index (κ2) is 8.03. The molecule has 0 fully saturated rings. The fraction of sp³-hybridized carbons (Fsp3) is 0.158. The van der Waals surface area contributed by atoms with E-state index in [1.165, 1.54) is 17.4 Å². The Kier molecular flexibility index (Phi) is 5.85. The van der Waals surface area contributed by atoms with Crippen LogP contribution in [0.25, 0.3) is 22.3 Å². The molecule has 0 saturated heterocycles. The summed E-state index contributed by atoms with van der Waals surface area (Å²) in [7, 11) is 0. The second-order valence-corrected chi connectivity index (χ2v) is 6.98. The van der Waals surface area contributed by atoms with E-state index in [4.69, 9.17) is 0 Å². The SMILES string of the molecule is Br.CCn1c(-c2cccc(C(F)(F)F)c2)csc1=Nc1ccc2[nH]c(=O)[nH]c2c1. The molecule has 0 unspecified atom stereocenters. The highest BCUT2D eigenvalue weighted by Crippen LogP contribution is 2.32. The molecule has 2 aromatic heterocycles. The molecule has 0 aliphatic rings. The molecule has 2 aromatic carbocycles. The van der Waals surface area contributed by atoms with Crippen LogP contribution in [-0.2, 0) is 12.7 Å². The van der Waals surface area contributed by atoms with Crippen LogP contribution in [0.2, 0.25) is 0 Å². The number of fused-ring (bicyclic) bond motifs is 1. The van der Waals surface area contributed by atoms with Gasteiger partial charge in [-0.25, -0.2) is 9.79 Å². The number of halogens is 4. The zero-order chi connectivity index (χ0) is 19.9. The van der Waals surface area contributed by atoms with E-state index in [0.29, 0.717) is 39.3 Å². The lowest BCUT2D eigenvalue weighted by Gasteiger charge is -2.10. The molecular weight excluding hydrogens is 469 g/mol. The lowest BCUT2D eigenvalue weighted by atomic mass is 10.1. The number of aromatic nitrogens is 3. The van der Waals surface area contributed by atoms with Crippen LogP contribution in [0, 0.1) is 0 Å². The molecule has 0 amide bonds. The zero-order valence-corrected chi connectivity index (χ0v) is 17.6. The van der Waals surface area contributed by atoms with Crippen LogP contribution >= 0.6 is 28.3 Å². The molecule has 0 atom stereocenters. The normalized spacial score (nSPS) is 12.3. The first-order valence-corrected chi connectivity index (χ1v) is 9.36. The molecule has 0 saturated carbocycles. The third kappa shape index (κ3) is 4.23. The molecule has 0 spiro atoms. The zero-order valence-electron chi connectivity index (χ0n) is 15.1. The number of thiazole rings is 1. The molecule has 4 aromatic rings. The van der Waals surface area contributed by atoms with Gasteiger partial charge in [0.25, 0.3) is 0 Å². The van der Waals surface area contributed by atoms with E-state index in [-0.39, 0.29) is 22.7 Å². The number of alkyl halides is 3. The largest absolute Gasteiger partial charge is 0.416 e. The van der Waals surface area contributed by atoms with Crippen LogP contribution < -0.4 is 10.5 Å². The van der Waals surface area contributed by atoms with Gasteiger partial charge in [0, 0.05) is 11.9 Å². The Morgan fingerprint density at radius 3 is 2.59 bits per heavy atom. The van der Waals surface area contributed by atoms with Crippen LogP contribution in [0.5, 0.6) is 0 Å². The van der Waals surface area contributed by atoms with Crippen molar-refractivity contribution in [2.75, 3.05) is 0 Å². The predicted octanol–water partition coefficient (Wildman–Crippen LogP) is 5.24. The summed E-state index contributed by atoms with van der Waals surface area (Å²) in [6.45, 7) is 2.47. The average molecular weight is 485 g/mol. The van der Waals surface area contributed by atoms with Crippen molar-refractivity contribution in [3.8, 4) is 11.3 Å². The van der Waals surface area contributed by atoms with E-state index in [9.17, 15) is 18.0 Å². The standard InChI is InChI=1S/C19H15F3N4OS.BrH/c1-2-26-16(11-4-3-5-12(8-11)19(20,21)22)10-28-18(26)23-13-6-7-14-15(9-13)25-17(27)24-14;/h3-10H,2H2,1H3,(H2,24,25,27);1H. The van der Waals surface area contributed by atoms with Gasteiger partial charge in [0.2, 0.25) is 0 Å². The number of imidazole rings is 1. The van der Waals surface area contributed by atoms with E-state index in [1.54, 1.807) is 29.6 Å². The Balaban J connectivity index is 0.00000240. The Morgan fingerprint density at radius 1 is 1.10 bits per heavy atom. The fourth-order valence-corrected chi connectivity index (χ4v) is 4.00. The highest BCUT2D eigenvalue weighted by atomic mass is 79.9. The van der Waals surface area contributed by atoms with Gasteiger partial charge in [-0.2, -0.15) is 13.2 Å². The minimum atomic E-state index is -4.39. The molecule has 10 heteroatoms. The Labute approximate surface area is 177 Å². The number of H-pyrrole nitrogens is 2. The molecular formula is C19H16BrF3N4OS. The van der Waals surface area contributed by atoms with Crippen molar-refractivity contribution in [1.29, 1.82) is 0 Å². The van der Waals surface area contributed by atoms with Gasteiger partial charge in [-0.1, -0.05) is 12.1 Å². The first-order valence-electron chi connectivity index (χ1n) is 8.48. The Hall–Kier alpha value is -2.59. The van der Waals surface area contributed by atoms with Crippen molar-refractivity contribution in [1.82, 2.24) is 14.5 Å². The van der Waals surface area contributed by atoms with Gasteiger partial charge >= 0.3 is 11.9 Å². The van der Waals surface area contributed by atoms with Crippen LogP contribution in [0.4, 0.5) is 18.9 Å². The van der Waals surface area contributed by atoms with Crippen molar-refractivity contribution >= 4 is 45.0 Å². The first kappa shape index (κ1) is 21.1. The second-order valence-electron chi connectivity index (χ2n) is 6.15. The van der Waals surface area contributed by atoms with Crippen LogP contribution in [0.15, 0.2) is 57.6 Å². The molecule has 0 bridgehead atoms. The molecule has 0 radical (unpaired) electrons. The third-order valence-corrected chi connectivity index (χ3v) is 5.19. The first-order chi connectivity index (χ1) is 13.3. The summed E-state index contributed by atoms with van der Waals surface area (Å²) in [4.78, 5) is 22.0. The Morgan fingerprint density at radius 2 is 1.86 bits per heavy atom. The van der Waals surface area contributed by atoms with Gasteiger partial charge in [0.1, 0.15) is 0 Å². The summed E-state index contributed by atoms with van der Waals surface area (Å²) >= 11 is 1.35. The number of hydrogen-bond donors (Lipinski definition) is 2. The van der Waals surface area contributed by atoms with E-state index in [1.807, 2.05) is 11.5 Å². The maximum absolute atomic E-state index is 13.0. The summed E-state index contributed by atoms with van der Waals surface area (Å²) in [5, 5.41) is 1.80. The quantitative estimate of drug-likeness (QED) is 0.410. The summed E-state index contributed by atoms with van der Waals surface area (Å²) in [6, 6.07) is 10.5. The molecule has 4 rings (SSSR count). The highest BCUT2D eigenvalue weighted by molar-refractivity contribution is 8.93. The van der Waals surface area contributed by atoms with Gasteiger partial charge in [-0.05, 0) is 42.8 Å². The maximum atomic E-state index is 13.0. The minimum absolute atomic E-state index is 0. The number of nitrogens with zero attached hydrogens (tertiary/aromatic N) is 2. The number of rotatable bonds is 3. The van der Waals surface area contributed by atoms with Crippen molar-refractivity contribution in [2.45, 2.75) is 19.6 Å². The Bertz CT molecular complexity index is 1280. The molecule has 5 nitrogen and oxygen atoms in total. The summed E-state index contributed by atoms with van der Waals surface area (Å²) < 4.78 is 41.0. The van der Waals surface area contributed by atoms with E-state index in [2.05, 4.69) is 15.0 Å². The number of benzene rings is 2. The molecule has 2 heterocycles. The van der Waals surface area contributed by atoms with E-state index in [0.717, 1.165) is 12.1 Å².